The molecule has 0 amide bonds. The Kier molecular flexibility index (Phi) is 7.28. The third-order valence-corrected chi connectivity index (χ3v) is 2.73. The predicted molar refractivity (Wildman–Crippen MR) is 68.6 cm³/mol. The molecule has 0 unspecified atom stereocenters. The Balaban J connectivity index is 0.000000980. The summed E-state index contributed by atoms with van der Waals surface area (Å²) in [5, 5.41) is 4.06. The van der Waals surface area contributed by atoms with E-state index in [4.69, 9.17) is 11.6 Å². The number of piperidine rings is 1. The highest BCUT2D eigenvalue weighted by atomic mass is 35.5. The number of aromatic nitrogens is 1. The van der Waals surface area contributed by atoms with Crippen LogP contribution in [0.3, 0.4) is 0 Å². The number of pyridine rings is 1. The summed E-state index contributed by atoms with van der Waals surface area (Å²) < 4.78 is 0. The third kappa shape index (κ3) is 4.15. The third-order valence-electron chi connectivity index (χ3n) is 2.51. The largest absolute Gasteiger partial charge is 0.317 e. The summed E-state index contributed by atoms with van der Waals surface area (Å²) in [5.41, 5.74) is 1.19. The molecule has 0 spiro atoms. The lowest BCUT2D eigenvalue weighted by Gasteiger charge is -2.21. The van der Waals surface area contributed by atoms with Gasteiger partial charge in [-0.15, -0.1) is 24.8 Å². The summed E-state index contributed by atoms with van der Waals surface area (Å²) in [4.78, 5) is 4.34. The summed E-state index contributed by atoms with van der Waals surface area (Å²) in [6.45, 7) is 2.21. The first-order valence-electron chi connectivity index (χ1n) is 4.68. The normalized spacial score (nSPS) is 16.3. The predicted octanol–water partition coefficient (Wildman–Crippen LogP) is 3.05. The van der Waals surface area contributed by atoms with Crippen molar-refractivity contribution >= 4 is 36.4 Å². The van der Waals surface area contributed by atoms with Crippen molar-refractivity contribution in [2.75, 3.05) is 13.1 Å². The van der Waals surface area contributed by atoms with Crippen molar-refractivity contribution in [3.05, 3.63) is 29.0 Å². The molecule has 0 saturated carbocycles. The van der Waals surface area contributed by atoms with Crippen molar-refractivity contribution in [1.29, 1.82) is 0 Å². The molecule has 2 heterocycles. The SMILES string of the molecule is Cl.Cl.Clc1ccc(C2CCNCC2)nc1. The fourth-order valence-corrected chi connectivity index (χ4v) is 1.86. The molecule has 15 heavy (non-hydrogen) atoms. The molecule has 0 bridgehead atoms. The average molecular weight is 270 g/mol. The zero-order chi connectivity index (χ0) is 9.10. The lowest BCUT2D eigenvalue weighted by atomic mass is 9.94. The maximum atomic E-state index is 5.78. The number of halogens is 3. The fourth-order valence-electron chi connectivity index (χ4n) is 1.75. The smallest absolute Gasteiger partial charge is 0.0589 e. The molecule has 1 N–H and O–H groups in total. The van der Waals surface area contributed by atoms with Gasteiger partial charge in [0.25, 0.3) is 0 Å². The highest BCUT2D eigenvalue weighted by Gasteiger charge is 2.15. The number of rotatable bonds is 1. The quantitative estimate of drug-likeness (QED) is 0.848. The second kappa shape index (κ2) is 7.29. The number of hydrogen-bond donors (Lipinski definition) is 1. The minimum atomic E-state index is 0. The molecule has 1 saturated heterocycles. The van der Waals surface area contributed by atoms with Crippen LogP contribution in [-0.4, -0.2) is 18.1 Å². The van der Waals surface area contributed by atoms with E-state index in [-0.39, 0.29) is 24.8 Å². The Morgan fingerprint density at radius 3 is 2.40 bits per heavy atom. The van der Waals surface area contributed by atoms with Crippen LogP contribution in [0.2, 0.25) is 5.02 Å². The number of nitrogens with zero attached hydrogens (tertiary/aromatic N) is 1. The van der Waals surface area contributed by atoms with Crippen LogP contribution in [0.15, 0.2) is 18.3 Å². The zero-order valence-electron chi connectivity index (χ0n) is 8.28. The fraction of sp³-hybridized carbons (Fsp3) is 0.500. The summed E-state index contributed by atoms with van der Waals surface area (Å²) in [6, 6.07) is 3.96. The zero-order valence-corrected chi connectivity index (χ0v) is 10.7. The molecule has 1 aromatic rings. The number of nitrogens with one attached hydrogen (secondary N) is 1. The Morgan fingerprint density at radius 1 is 1.20 bits per heavy atom. The van der Waals surface area contributed by atoms with E-state index in [9.17, 15) is 0 Å². The first-order valence-corrected chi connectivity index (χ1v) is 5.06. The van der Waals surface area contributed by atoms with Gasteiger partial charge in [-0.1, -0.05) is 11.6 Å². The van der Waals surface area contributed by atoms with Gasteiger partial charge >= 0.3 is 0 Å². The van der Waals surface area contributed by atoms with Crippen molar-refractivity contribution in [3.8, 4) is 0 Å². The Morgan fingerprint density at radius 2 is 1.87 bits per heavy atom. The van der Waals surface area contributed by atoms with Gasteiger partial charge in [0.05, 0.1) is 5.02 Å². The second-order valence-electron chi connectivity index (χ2n) is 3.43. The van der Waals surface area contributed by atoms with Crippen LogP contribution in [0.4, 0.5) is 0 Å². The van der Waals surface area contributed by atoms with Crippen LogP contribution in [0.5, 0.6) is 0 Å². The van der Waals surface area contributed by atoms with E-state index in [1.807, 2.05) is 12.1 Å². The molecule has 2 rings (SSSR count). The van der Waals surface area contributed by atoms with Crippen LogP contribution in [0, 0.1) is 0 Å². The minimum absolute atomic E-state index is 0. The Bertz CT molecular complexity index is 271. The van der Waals surface area contributed by atoms with Crippen molar-refractivity contribution < 1.29 is 0 Å². The van der Waals surface area contributed by atoms with Gasteiger partial charge in [0.15, 0.2) is 0 Å². The monoisotopic (exact) mass is 268 g/mol. The van der Waals surface area contributed by atoms with Crippen LogP contribution < -0.4 is 5.32 Å². The van der Waals surface area contributed by atoms with E-state index in [1.54, 1.807) is 6.20 Å². The van der Waals surface area contributed by atoms with Crippen molar-refractivity contribution in [1.82, 2.24) is 10.3 Å². The summed E-state index contributed by atoms with van der Waals surface area (Å²) in [6.07, 6.45) is 4.11. The molecule has 0 atom stereocenters. The lowest BCUT2D eigenvalue weighted by Crippen LogP contribution is -2.26. The molecule has 1 aliphatic rings. The highest BCUT2D eigenvalue weighted by molar-refractivity contribution is 6.30. The maximum Gasteiger partial charge on any atom is 0.0589 e. The molecule has 0 aliphatic carbocycles. The first-order chi connectivity index (χ1) is 6.36. The number of hydrogen-bond acceptors (Lipinski definition) is 2. The second-order valence-corrected chi connectivity index (χ2v) is 3.86. The molecule has 0 radical (unpaired) electrons. The summed E-state index contributed by atoms with van der Waals surface area (Å²) >= 11 is 5.78. The maximum absolute atomic E-state index is 5.78. The molecule has 0 aromatic carbocycles. The van der Waals surface area contributed by atoms with Gasteiger partial charge in [0.1, 0.15) is 0 Å². The molecule has 1 fully saturated rings. The van der Waals surface area contributed by atoms with Crippen molar-refractivity contribution in [2.24, 2.45) is 0 Å². The van der Waals surface area contributed by atoms with Gasteiger partial charge in [0, 0.05) is 17.8 Å². The van der Waals surface area contributed by atoms with Crippen LogP contribution in [0.25, 0.3) is 0 Å². The van der Waals surface area contributed by atoms with Gasteiger partial charge in [-0.3, -0.25) is 4.98 Å². The Hall–Kier alpha value is -0.0200. The van der Waals surface area contributed by atoms with Gasteiger partial charge in [-0.25, -0.2) is 0 Å². The molecular weight excluding hydrogens is 254 g/mol. The molecule has 5 heteroatoms. The molecular formula is C10H15Cl3N2. The van der Waals surface area contributed by atoms with E-state index in [1.165, 1.54) is 18.5 Å². The van der Waals surface area contributed by atoms with Crippen LogP contribution in [-0.2, 0) is 0 Å². The van der Waals surface area contributed by atoms with Crippen molar-refractivity contribution in [3.63, 3.8) is 0 Å². The topological polar surface area (TPSA) is 24.9 Å². The van der Waals surface area contributed by atoms with Gasteiger partial charge in [-0.05, 0) is 38.1 Å². The van der Waals surface area contributed by atoms with E-state index in [0.717, 1.165) is 18.1 Å². The molecule has 1 aliphatic heterocycles. The van der Waals surface area contributed by atoms with Crippen LogP contribution in [0.1, 0.15) is 24.5 Å². The van der Waals surface area contributed by atoms with E-state index in [0.29, 0.717) is 5.92 Å². The lowest BCUT2D eigenvalue weighted by molar-refractivity contribution is 0.453. The standard InChI is InChI=1S/C10H13ClN2.2ClH/c11-9-1-2-10(13-7-9)8-3-5-12-6-4-8;;/h1-2,7-8,12H,3-6H2;2*1H. The van der Waals surface area contributed by atoms with E-state index in [2.05, 4.69) is 10.3 Å². The van der Waals surface area contributed by atoms with E-state index >= 15 is 0 Å². The van der Waals surface area contributed by atoms with Gasteiger partial charge in [-0.2, -0.15) is 0 Å². The van der Waals surface area contributed by atoms with Gasteiger partial charge < -0.3 is 5.32 Å². The summed E-state index contributed by atoms with van der Waals surface area (Å²) in [7, 11) is 0. The van der Waals surface area contributed by atoms with Crippen molar-refractivity contribution in [2.45, 2.75) is 18.8 Å². The average Bonchev–Trinajstić information content (AvgIpc) is 2.20. The van der Waals surface area contributed by atoms with Gasteiger partial charge in [0.2, 0.25) is 0 Å². The first kappa shape index (κ1) is 15.0. The molecule has 86 valence electrons. The minimum Gasteiger partial charge on any atom is -0.317 e. The van der Waals surface area contributed by atoms with E-state index < -0.39 is 0 Å². The van der Waals surface area contributed by atoms with Crippen LogP contribution >= 0.6 is 36.4 Å². The molecule has 2 nitrogen and oxygen atoms in total. The Labute approximate surface area is 108 Å². The summed E-state index contributed by atoms with van der Waals surface area (Å²) in [5.74, 6) is 0.624. The highest BCUT2D eigenvalue weighted by Crippen LogP contribution is 2.23. The molecule has 1 aromatic heterocycles.